The third kappa shape index (κ3) is 1.92. The van der Waals surface area contributed by atoms with Gasteiger partial charge in [0.25, 0.3) is 0 Å². The van der Waals surface area contributed by atoms with E-state index in [0.717, 1.165) is 0 Å². The fourth-order valence-corrected chi connectivity index (χ4v) is 0.875. The maximum atomic E-state index is 12.5. The lowest BCUT2D eigenvalue weighted by atomic mass is 10.2. The standard InChI is InChI=1S/C8H5ClFN/c9-8(5-11)6-2-1-3-7(10)4-6/h1-4,8H. The zero-order valence-electron chi connectivity index (χ0n) is 5.59. The van der Waals surface area contributed by atoms with E-state index in [1.165, 1.54) is 18.2 Å². The predicted molar refractivity (Wildman–Crippen MR) is 40.6 cm³/mol. The third-order valence-electron chi connectivity index (χ3n) is 1.25. The average molecular weight is 170 g/mol. The van der Waals surface area contributed by atoms with Crippen molar-refractivity contribution in [2.75, 3.05) is 0 Å². The van der Waals surface area contributed by atoms with Crippen LogP contribution in [0.25, 0.3) is 0 Å². The van der Waals surface area contributed by atoms with Crippen LogP contribution in [0.4, 0.5) is 4.39 Å². The van der Waals surface area contributed by atoms with Crippen LogP contribution in [-0.2, 0) is 0 Å². The lowest BCUT2D eigenvalue weighted by Gasteiger charge is -1.98. The van der Waals surface area contributed by atoms with Gasteiger partial charge in [-0.3, -0.25) is 0 Å². The first-order valence-corrected chi connectivity index (χ1v) is 3.47. The molecule has 0 amide bonds. The second-order valence-electron chi connectivity index (χ2n) is 2.05. The highest BCUT2D eigenvalue weighted by Gasteiger charge is 2.05. The molecule has 0 aromatic heterocycles. The van der Waals surface area contributed by atoms with Gasteiger partial charge >= 0.3 is 0 Å². The first kappa shape index (κ1) is 8.03. The van der Waals surface area contributed by atoms with Gasteiger partial charge in [-0.25, -0.2) is 4.39 Å². The van der Waals surface area contributed by atoms with Crippen molar-refractivity contribution in [1.29, 1.82) is 5.26 Å². The quantitative estimate of drug-likeness (QED) is 0.593. The fraction of sp³-hybridized carbons (Fsp3) is 0.125. The summed E-state index contributed by atoms with van der Waals surface area (Å²) < 4.78 is 12.5. The molecule has 0 aliphatic heterocycles. The van der Waals surface area contributed by atoms with E-state index in [2.05, 4.69) is 0 Å². The number of alkyl halides is 1. The molecular weight excluding hydrogens is 165 g/mol. The zero-order chi connectivity index (χ0) is 8.27. The Kier molecular flexibility index (Phi) is 2.45. The molecule has 0 aliphatic rings. The predicted octanol–water partition coefficient (Wildman–Crippen LogP) is 2.63. The van der Waals surface area contributed by atoms with Crippen LogP contribution in [0.3, 0.4) is 0 Å². The third-order valence-corrected chi connectivity index (χ3v) is 1.60. The summed E-state index contributed by atoms with van der Waals surface area (Å²) in [6.07, 6.45) is 0. The second kappa shape index (κ2) is 3.36. The van der Waals surface area contributed by atoms with Crippen molar-refractivity contribution < 1.29 is 4.39 Å². The molecule has 0 heterocycles. The van der Waals surface area contributed by atoms with Gasteiger partial charge in [0, 0.05) is 0 Å². The first-order valence-electron chi connectivity index (χ1n) is 3.03. The summed E-state index contributed by atoms with van der Waals surface area (Å²) in [5, 5.41) is 7.62. The highest BCUT2D eigenvalue weighted by atomic mass is 35.5. The molecule has 0 saturated carbocycles. The van der Waals surface area contributed by atoms with Gasteiger partial charge in [-0.2, -0.15) is 5.26 Å². The van der Waals surface area contributed by atoms with Crippen molar-refractivity contribution in [3.8, 4) is 6.07 Å². The molecule has 56 valence electrons. The first-order chi connectivity index (χ1) is 5.24. The SMILES string of the molecule is N#CC(Cl)c1cccc(F)c1. The van der Waals surface area contributed by atoms with Crippen molar-refractivity contribution in [2.45, 2.75) is 5.38 Å². The summed E-state index contributed by atoms with van der Waals surface area (Å²) in [4.78, 5) is 0. The summed E-state index contributed by atoms with van der Waals surface area (Å²) in [5.74, 6) is -0.372. The average Bonchev–Trinajstić information content (AvgIpc) is 2.03. The van der Waals surface area contributed by atoms with E-state index in [1.54, 1.807) is 6.07 Å². The Morgan fingerprint density at radius 1 is 1.55 bits per heavy atom. The van der Waals surface area contributed by atoms with Crippen molar-refractivity contribution in [3.63, 3.8) is 0 Å². The number of benzene rings is 1. The van der Waals surface area contributed by atoms with E-state index in [9.17, 15) is 4.39 Å². The highest BCUT2D eigenvalue weighted by Crippen LogP contribution is 2.19. The van der Waals surface area contributed by atoms with Gasteiger partial charge in [0.2, 0.25) is 0 Å². The van der Waals surface area contributed by atoms with Gasteiger partial charge in [0.05, 0.1) is 6.07 Å². The molecule has 1 aromatic carbocycles. The van der Waals surface area contributed by atoms with Gasteiger partial charge in [0.1, 0.15) is 11.2 Å². The maximum absolute atomic E-state index is 12.5. The fourth-order valence-electron chi connectivity index (χ4n) is 0.739. The molecule has 0 bridgehead atoms. The van der Waals surface area contributed by atoms with Crippen LogP contribution >= 0.6 is 11.6 Å². The Bertz CT molecular complexity index is 292. The minimum Gasteiger partial charge on any atom is -0.207 e. The summed E-state index contributed by atoms with van der Waals surface area (Å²) in [6.45, 7) is 0. The van der Waals surface area contributed by atoms with E-state index in [-0.39, 0.29) is 5.82 Å². The molecular formula is C8H5ClFN. The Morgan fingerprint density at radius 2 is 2.27 bits per heavy atom. The van der Waals surface area contributed by atoms with Crippen molar-refractivity contribution in [2.24, 2.45) is 0 Å². The summed E-state index contributed by atoms with van der Waals surface area (Å²) >= 11 is 5.53. The molecule has 0 spiro atoms. The van der Waals surface area contributed by atoms with E-state index in [4.69, 9.17) is 16.9 Å². The molecule has 0 N–H and O–H groups in total. The van der Waals surface area contributed by atoms with Gasteiger partial charge < -0.3 is 0 Å². The van der Waals surface area contributed by atoms with Crippen LogP contribution in [0.2, 0.25) is 0 Å². The van der Waals surface area contributed by atoms with Crippen molar-refractivity contribution in [1.82, 2.24) is 0 Å². The molecule has 11 heavy (non-hydrogen) atoms. The number of halogens is 2. The minimum atomic E-state index is -0.759. The molecule has 1 unspecified atom stereocenters. The molecule has 0 saturated heterocycles. The number of nitriles is 1. The summed E-state index contributed by atoms with van der Waals surface area (Å²) in [6, 6.07) is 7.51. The van der Waals surface area contributed by atoms with E-state index >= 15 is 0 Å². The molecule has 1 rings (SSSR count). The molecule has 0 radical (unpaired) electrons. The smallest absolute Gasteiger partial charge is 0.145 e. The largest absolute Gasteiger partial charge is 0.207 e. The normalized spacial score (nSPS) is 12.1. The molecule has 0 aliphatic carbocycles. The van der Waals surface area contributed by atoms with E-state index in [1.807, 2.05) is 6.07 Å². The van der Waals surface area contributed by atoms with Crippen LogP contribution in [0, 0.1) is 17.1 Å². The van der Waals surface area contributed by atoms with Crippen LogP contribution in [0.15, 0.2) is 24.3 Å². The molecule has 1 aromatic rings. The Balaban J connectivity index is 2.98. The number of hydrogen-bond acceptors (Lipinski definition) is 1. The molecule has 1 nitrogen and oxygen atoms in total. The Morgan fingerprint density at radius 3 is 2.82 bits per heavy atom. The van der Waals surface area contributed by atoms with Crippen molar-refractivity contribution >= 4 is 11.6 Å². The van der Waals surface area contributed by atoms with E-state index in [0.29, 0.717) is 5.56 Å². The summed E-state index contributed by atoms with van der Waals surface area (Å²) in [7, 11) is 0. The minimum absolute atomic E-state index is 0.372. The van der Waals surface area contributed by atoms with Gasteiger partial charge in [-0.1, -0.05) is 12.1 Å². The highest BCUT2D eigenvalue weighted by molar-refractivity contribution is 6.22. The monoisotopic (exact) mass is 169 g/mol. The van der Waals surface area contributed by atoms with Gasteiger partial charge in [-0.15, -0.1) is 11.6 Å². The van der Waals surface area contributed by atoms with Crippen LogP contribution in [0.5, 0.6) is 0 Å². The number of hydrogen-bond donors (Lipinski definition) is 0. The molecule has 3 heteroatoms. The maximum Gasteiger partial charge on any atom is 0.145 e. The lowest BCUT2D eigenvalue weighted by molar-refractivity contribution is 0.626. The van der Waals surface area contributed by atoms with Crippen molar-refractivity contribution in [3.05, 3.63) is 35.6 Å². The van der Waals surface area contributed by atoms with Crippen LogP contribution in [0.1, 0.15) is 10.9 Å². The van der Waals surface area contributed by atoms with Gasteiger partial charge in [0.15, 0.2) is 0 Å². The second-order valence-corrected chi connectivity index (χ2v) is 2.48. The van der Waals surface area contributed by atoms with E-state index < -0.39 is 5.38 Å². The van der Waals surface area contributed by atoms with Crippen LogP contribution < -0.4 is 0 Å². The number of rotatable bonds is 1. The zero-order valence-corrected chi connectivity index (χ0v) is 6.35. The van der Waals surface area contributed by atoms with Gasteiger partial charge in [-0.05, 0) is 17.7 Å². The molecule has 0 fully saturated rings. The lowest BCUT2D eigenvalue weighted by Crippen LogP contribution is -1.86. The summed E-state index contributed by atoms with van der Waals surface area (Å²) in [5.41, 5.74) is 0.495. The molecule has 1 atom stereocenters. The Hall–Kier alpha value is -1.07. The van der Waals surface area contributed by atoms with Crippen LogP contribution in [-0.4, -0.2) is 0 Å². The topological polar surface area (TPSA) is 23.8 Å². The number of nitrogens with zero attached hydrogens (tertiary/aromatic N) is 1. The Labute approximate surface area is 69.0 Å².